The van der Waals surface area contributed by atoms with Gasteiger partial charge in [0.05, 0.1) is 16.8 Å². The number of rotatable bonds is 1. The van der Waals surface area contributed by atoms with Gasteiger partial charge in [0.25, 0.3) is 5.91 Å². The van der Waals surface area contributed by atoms with E-state index in [0.717, 1.165) is 10.6 Å². The van der Waals surface area contributed by atoms with E-state index in [1.54, 1.807) is 56.3 Å². The van der Waals surface area contributed by atoms with E-state index in [9.17, 15) is 14.4 Å². The molecule has 2 aliphatic rings. The van der Waals surface area contributed by atoms with E-state index in [2.05, 4.69) is 5.10 Å². The van der Waals surface area contributed by atoms with E-state index in [-0.39, 0.29) is 16.1 Å². The molecule has 4 rings (SSSR count). The van der Waals surface area contributed by atoms with Crippen LogP contribution in [0.1, 0.15) is 45.7 Å². The molecule has 0 fully saturated rings. The van der Waals surface area contributed by atoms with Crippen LogP contribution in [0.3, 0.4) is 0 Å². The smallest absolute Gasteiger partial charge is 0.268 e. The van der Waals surface area contributed by atoms with Gasteiger partial charge in [0.2, 0.25) is 17.1 Å². The summed E-state index contributed by atoms with van der Waals surface area (Å²) in [5.41, 5.74) is 0.238. The van der Waals surface area contributed by atoms with Crippen molar-refractivity contribution in [3.05, 3.63) is 81.4 Å². The lowest BCUT2D eigenvalue weighted by molar-refractivity contribution is -0.130. The summed E-state index contributed by atoms with van der Waals surface area (Å²) in [4.78, 5) is 40.0. The fraction of sp³-hybridized carbons (Fsp3) is 0.143. The third-order valence-electron chi connectivity index (χ3n) is 4.74. The molecule has 0 radical (unpaired) electrons. The maximum absolute atomic E-state index is 13.6. The summed E-state index contributed by atoms with van der Waals surface area (Å²) in [6, 6.07) is 11.7. The molecule has 1 amide bonds. The largest absolute Gasteiger partial charge is 0.290 e. The van der Waals surface area contributed by atoms with Gasteiger partial charge < -0.3 is 0 Å². The average Bonchev–Trinajstić information content (AvgIpc) is 2.85. The van der Waals surface area contributed by atoms with Crippen LogP contribution in [0.2, 0.25) is 5.02 Å². The summed E-state index contributed by atoms with van der Waals surface area (Å²) in [6.45, 7) is 3.52. The predicted molar refractivity (Wildman–Crippen MR) is 102 cm³/mol. The van der Waals surface area contributed by atoms with Gasteiger partial charge in [0, 0.05) is 22.8 Å². The zero-order valence-electron chi connectivity index (χ0n) is 14.7. The first kappa shape index (κ1) is 17.4. The molecule has 27 heavy (non-hydrogen) atoms. The lowest BCUT2D eigenvalue weighted by Gasteiger charge is -2.38. The zero-order valence-corrected chi connectivity index (χ0v) is 15.4. The number of nitrogens with zero attached hydrogens (tertiary/aromatic N) is 2. The molecule has 1 unspecified atom stereocenters. The minimum atomic E-state index is -1.87. The van der Waals surface area contributed by atoms with Crippen LogP contribution in [0.25, 0.3) is 0 Å². The van der Waals surface area contributed by atoms with Crippen molar-refractivity contribution in [2.45, 2.75) is 19.4 Å². The van der Waals surface area contributed by atoms with Gasteiger partial charge in [0.15, 0.2) is 0 Å². The lowest BCUT2D eigenvalue weighted by atomic mass is 9.80. The Morgan fingerprint density at radius 1 is 1.07 bits per heavy atom. The molecule has 5 nitrogen and oxygen atoms in total. The van der Waals surface area contributed by atoms with Gasteiger partial charge in [-0.05, 0) is 19.9 Å². The molecule has 1 spiro atoms. The summed E-state index contributed by atoms with van der Waals surface area (Å²) in [6.07, 6.45) is 2.85. The van der Waals surface area contributed by atoms with Crippen molar-refractivity contribution in [1.29, 1.82) is 0 Å². The van der Waals surface area contributed by atoms with Gasteiger partial charge >= 0.3 is 0 Å². The molecule has 0 N–H and O–H groups in total. The van der Waals surface area contributed by atoms with E-state index < -0.39 is 23.0 Å². The summed E-state index contributed by atoms with van der Waals surface area (Å²) in [5, 5.41) is 5.38. The second-order valence-corrected chi connectivity index (χ2v) is 7.14. The normalized spacial score (nSPS) is 19.9. The van der Waals surface area contributed by atoms with Crippen LogP contribution in [0.5, 0.6) is 0 Å². The highest BCUT2D eigenvalue weighted by molar-refractivity contribution is 6.42. The molecule has 134 valence electrons. The predicted octanol–water partition coefficient (Wildman–Crippen LogP) is 3.76. The molecule has 1 atom stereocenters. The first-order chi connectivity index (χ1) is 12.9. The lowest BCUT2D eigenvalue weighted by Crippen LogP contribution is -2.56. The highest BCUT2D eigenvalue weighted by Crippen LogP contribution is 2.47. The van der Waals surface area contributed by atoms with Crippen LogP contribution in [0.4, 0.5) is 0 Å². The molecule has 1 aliphatic heterocycles. The van der Waals surface area contributed by atoms with Crippen molar-refractivity contribution in [2.75, 3.05) is 0 Å². The number of halogens is 1. The van der Waals surface area contributed by atoms with Crippen LogP contribution in [-0.4, -0.2) is 28.7 Å². The highest BCUT2D eigenvalue weighted by Gasteiger charge is 2.62. The Bertz CT molecular complexity index is 1080. The van der Waals surface area contributed by atoms with Gasteiger partial charge in [-0.15, -0.1) is 0 Å². The van der Waals surface area contributed by atoms with Crippen LogP contribution < -0.4 is 0 Å². The van der Waals surface area contributed by atoms with E-state index in [4.69, 9.17) is 11.6 Å². The van der Waals surface area contributed by atoms with Crippen molar-refractivity contribution in [2.24, 2.45) is 5.10 Å². The molecular weight excluding hydrogens is 364 g/mol. The second-order valence-electron chi connectivity index (χ2n) is 6.73. The zero-order chi connectivity index (χ0) is 19.3. The Morgan fingerprint density at radius 2 is 1.81 bits per heavy atom. The summed E-state index contributed by atoms with van der Waals surface area (Å²) in [5.74, 6) is -1.57. The Balaban J connectivity index is 2.05. The average molecular weight is 379 g/mol. The molecule has 0 bridgehead atoms. The number of carbonyl (C=O) groups is 3. The number of benzene rings is 2. The number of Topliss-reactive ketones (excluding diaryl/α,β-unsaturated/α-hetero) is 2. The van der Waals surface area contributed by atoms with E-state index in [1.165, 1.54) is 12.3 Å². The molecule has 0 aromatic heterocycles. The molecule has 0 saturated heterocycles. The van der Waals surface area contributed by atoms with Gasteiger partial charge in [0.1, 0.15) is 0 Å². The van der Waals surface area contributed by atoms with Crippen LogP contribution >= 0.6 is 11.6 Å². The number of ketones is 2. The molecule has 2 aromatic rings. The SMILES string of the molecule is CC(C)=CC(=O)N1N=Cc2ccccc2C12C(=O)c1cccc(Cl)c1C2=O. The number of hydrazone groups is 1. The van der Waals surface area contributed by atoms with Crippen molar-refractivity contribution >= 4 is 35.3 Å². The van der Waals surface area contributed by atoms with E-state index in [1.807, 2.05) is 0 Å². The van der Waals surface area contributed by atoms with Crippen LogP contribution in [0, 0.1) is 0 Å². The summed E-state index contributed by atoms with van der Waals surface area (Å²) >= 11 is 6.24. The summed E-state index contributed by atoms with van der Waals surface area (Å²) in [7, 11) is 0. The number of allylic oxidation sites excluding steroid dienone is 1. The number of carbonyl (C=O) groups excluding carboxylic acids is 3. The molecular formula is C21H15ClN2O3. The highest BCUT2D eigenvalue weighted by atomic mass is 35.5. The van der Waals surface area contributed by atoms with Gasteiger partial charge in [-0.1, -0.05) is 53.6 Å². The third kappa shape index (κ3) is 2.25. The fourth-order valence-electron chi connectivity index (χ4n) is 3.65. The molecule has 6 heteroatoms. The van der Waals surface area contributed by atoms with Crippen molar-refractivity contribution in [1.82, 2.24) is 5.01 Å². The molecule has 1 heterocycles. The van der Waals surface area contributed by atoms with Gasteiger partial charge in [-0.3, -0.25) is 14.4 Å². The number of hydrogen-bond acceptors (Lipinski definition) is 4. The first-order valence-electron chi connectivity index (χ1n) is 8.39. The number of hydrogen-bond donors (Lipinski definition) is 0. The molecule has 1 aliphatic carbocycles. The minimum absolute atomic E-state index is 0.131. The Kier molecular flexibility index (Phi) is 3.86. The van der Waals surface area contributed by atoms with Gasteiger partial charge in [-0.2, -0.15) is 5.10 Å². The van der Waals surface area contributed by atoms with Crippen LogP contribution in [0.15, 0.2) is 59.2 Å². The van der Waals surface area contributed by atoms with Crippen molar-refractivity contribution in [3.8, 4) is 0 Å². The maximum atomic E-state index is 13.6. The standard InChI is InChI=1S/C21H15ClN2O3/c1-12(2)10-17(25)24-21(15-8-4-3-6-13(15)11-23-24)19(26)14-7-5-9-16(22)18(14)20(21)27/h3-11H,1-2H3. The Hall–Kier alpha value is -3.05. The molecule has 2 aromatic carbocycles. The number of fused-ring (bicyclic) bond motifs is 3. The quantitative estimate of drug-likeness (QED) is 0.560. The van der Waals surface area contributed by atoms with Crippen LogP contribution in [-0.2, 0) is 10.3 Å². The Labute approximate surface area is 160 Å². The van der Waals surface area contributed by atoms with Gasteiger partial charge in [-0.25, -0.2) is 5.01 Å². The second kappa shape index (κ2) is 5.99. The minimum Gasteiger partial charge on any atom is -0.290 e. The fourth-order valence-corrected chi connectivity index (χ4v) is 3.91. The third-order valence-corrected chi connectivity index (χ3v) is 5.06. The molecule has 0 saturated carbocycles. The first-order valence-corrected chi connectivity index (χ1v) is 8.77. The van der Waals surface area contributed by atoms with E-state index >= 15 is 0 Å². The van der Waals surface area contributed by atoms with Crippen molar-refractivity contribution in [3.63, 3.8) is 0 Å². The van der Waals surface area contributed by atoms with E-state index in [0.29, 0.717) is 11.1 Å². The summed E-state index contributed by atoms with van der Waals surface area (Å²) < 4.78 is 0. The Morgan fingerprint density at radius 3 is 2.52 bits per heavy atom. The number of amides is 1. The maximum Gasteiger partial charge on any atom is 0.268 e. The topological polar surface area (TPSA) is 66.8 Å². The van der Waals surface area contributed by atoms with Crippen molar-refractivity contribution < 1.29 is 14.4 Å². The monoisotopic (exact) mass is 378 g/mol.